The van der Waals surface area contributed by atoms with Crippen LogP contribution in [0.4, 0.5) is 10.5 Å². The zero-order valence-electron chi connectivity index (χ0n) is 15.0. The number of likely N-dealkylation sites (tertiary alicyclic amines) is 1. The zero-order valence-corrected chi connectivity index (χ0v) is 15.0. The summed E-state index contributed by atoms with van der Waals surface area (Å²) in [6.45, 7) is 3.76. The first-order valence-electron chi connectivity index (χ1n) is 9.13. The number of carbonyl (C=O) groups is 2. The summed E-state index contributed by atoms with van der Waals surface area (Å²) in [5, 5.41) is 5.88. The summed E-state index contributed by atoms with van der Waals surface area (Å²) in [6.07, 6.45) is 5.41. The van der Waals surface area contributed by atoms with Crippen LogP contribution >= 0.6 is 0 Å². The van der Waals surface area contributed by atoms with Gasteiger partial charge in [-0.15, -0.1) is 0 Å². The number of urea groups is 1. The van der Waals surface area contributed by atoms with E-state index >= 15 is 0 Å². The first kappa shape index (κ1) is 17.6. The number of methoxy groups -OCH3 is 1. The van der Waals surface area contributed by atoms with Gasteiger partial charge in [-0.25, -0.2) is 4.79 Å². The topological polar surface area (TPSA) is 70.7 Å². The number of benzene rings is 1. The highest BCUT2D eigenvalue weighted by Crippen LogP contribution is 2.28. The number of anilines is 1. The minimum atomic E-state index is -0.247. The Morgan fingerprint density at radius 2 is 1.92 bits per heavy atom. The molecule has 1 aliphatic heterocycles. The highest BCUT2D eigenvalue weighted by atomic mass is 16.5. The average Bonchev–Trinajstić information content (AvgIpc) is 3.27. The van der Waals surface area contributed by atoms with Crippen molar-refractivity contribution in [2.75, 3.05) is 25.5 Å². The van der Waals surface area contributed by atoms with Crippen molar-refractivity contribution in [3.63, 3.8) is 0 Å². The van der Waals surface area contributed by atoms with Crippen molar-refractivity contribution >= 4 is 17.6 Å². The monoisotopic (exact) mass is 345 g/mol. The van der Waals surface area contributed by atoms with E-state index in [1.54, 1.807) is 25.3 Å². The van der Waals surface area contributed by atoms with Crippen LogP contribution in [-0.4, -0.2) is 43.1 Å². The first-order chi connectivity index (χ1) is 12.1. The Morgan fingerprint density at radius 3 is 2.56 bits per heavy atom. The molecule has 6 heteroatoms. The minimum absolute atomic E-state index is 0.00743. The molecule has 2 aliphatic rings. The van der Waals surface area contributed by atoms with Crippen molar-refractivity contribution in [3.8, 4) is 5.75 Å². The van der Waals surface area contributed by atoms with Crippen molar-refractivity contribution in [2.45, 2.75) is 45.1 Å². The molecule has 25 heavy (non-hydrogen) atoms. The van der Waals surface area contributed by atoms with E-state index < -0.39 is 0 Å². The summed E-state index contributed by atoms with van der Waals surface area (Å²) >= 11 is 0. The molecule has 0 aromatic heterocycles. The zero-order chi connectivity index (χ0) is 17.8. The van der Waals surface area contributed by atoms with E-state index in [1.807, 2.05) is 4.90 Å². The molecule has 2 N–H and O–H groups in total. The van der Waals surface area contributed by atoms with Crippen LogP contribution in [0.25, 0.3) is 0 Å². The molecule has 0 spiro atoms. The molecule has 1 aromatic rings. The number of ether oxygens (including phenoxy) is 1. The van der Waals surface area contributed by atoms with Gasteiger partial charge in [0.1, 0.15) is 5.75 Å². The van der Waals surface area contributed by atoms with Crippen LogP contribution in [-0.2, 0) is 0 Å². The molecule has 136 valence electrons. The van der Waals surface area contributed by atoms with Gasteiger partial charge >= 0.3 is 6.03 Å². The van der Waals surface area contributed by atoms with Crippen LogP contribution in [0, 0.1) is 5.92 Å². The fourth-order valence-corrected chi connectivity index (χ4v) is 3.73. The first-order valence-corrected chi connectivity index (χ1v) is 9.13. The third-order valence-corrected chi connectivity index (χ3v) is 5.27. The Hall–Kier alpha value is -2.24. The van der Waals surface area contributed by atoms with Crippen LogP contribution < -0.4 is 15.4 Å². The molecular weight excluding hydrogens is 318 g/mol. The van der Waals surface area contributed by atoms with E-state index in [2.05, 4.69) is 17.6 Å². The maximum absolute atomic E-state index is 12.6. The lowest BCUT2D eigenvalue weighted by molar-refractivity contribution is 0.0793. The summed E-state index contributed by atoms with van der Waals surface area (Å²) in [4.78, 5) is 26.8. The lowest BCUT2D eigenvalue weighted by atomic mass is 10.1. The molecule has 2 fully saturated rings. The second-order valence-corrected chi connectivity index (χ2v) is 7.03. The summed E-state index contributed by atoms with van der Waals surface area (Å²) in [5.41, 5.74) is 1.10. The summed E-state index contributed by atoms with van der Waals surface area (Å²) < 4.78 is 5.33. The smallest absolute Gasteiger partial charge is 0.319 e. The molecule has 6 nitrogen and oxygen atoms in total. The molecule has 1 saturated carbocycles. The number of nitrogens with zero attached hydrogens (tertiary/aromatic N) is 1. The maximum atomic E-state index is 12.6. The molecular formula is C19H27N3O3. The van der Waals surface area contributed by atoms with Crippen molar-refractivity contribution in [1.82, 2.24) is 10.2 Å². The highest BCUT2D eigenvalue weighted by Gasteiger charge is 2.25. The van der Waals surface area contributed by atoms with E-state index in [0.29, 0.717) is 22.9 Å². The van der Waals surface area contributed by atoms with E-state index in [-0.39, 0.29) is 18.0 Å². The fourth-order valence-electron chi connectivity index (χ4n) is 3.73. The van der Waals surface area contributed by atoms with Gasteiger partial charge in [0.05, 0.1) is 12.8 Å². The van der Waals surface area contributed by atoms with Gasteiger partial charge in [-0.1, -0.05) is 13.3 Å². The third kappa shape index (κ3) is 4.06. The Labute approximate surface area is 148 Å². The van der Waals surface area contributed by atoms with Gasteiger partial charge < -0.3 is 20.3 Å². The lowest BCUT2D eigenvalue weighted by Gasteiger charge is -2.19. The number of hydrogen-bond acceptors (Lipinski definition) is 3. The molecule has 0 unspecified atom stereocenters. The van der Waals surface area contributed by atoms with Gasteiger partial charge in [-0.3, -0.25) is 4.79 Å². The molecule has 1 heterocycles. The Balaban J connectivity index is 1.71. The maximum Gasteiger partial charge on any atom is 0.319 e. The minimum Gasteiger partial charge on any atom is -0.495 e. The average molecular weight is 345 g/mol. The van der Waals surface area contributed by atoms with Crippen LogP contribution in [0.5, 0.6) is 5.75 Å². The largest absolute Gasteiger partial charge is 0.495 e. The number of nitrogens with one attached hydrogen (secondary N) is 2. The van der Waals surface area contributed by atoms with Crippen molar-refractivity contribution in [2.24, 2.45) is 5.92 Å². The van der Waals surface area contributed by atoms with Crippen LogP contribution in [0.15, 0.2) is 18.2 Å². The predicted molar refractivity (Wildman–Crippen MR) is 97.1 cm³/mol. The van der Waals surface area contributed by atoms with Gasteiger partial charge in [0.2, 0.25) is 0 Å². The van der Waals surface area contributed by atoms with Crippen molar-refractivity contribution < 1.29 is 14.3 Å². The summed E-state index contributed by atoms with van der Waals surface area (Å²) in [6, 6.07) is 5.15. The Bertz CT molecular complexity index is 641. The van der Waals surface area contributed by atoms with Crippen molar-refractivity contribution in [3.05, 3.63) is 23.8 Å². The summed E-state index contributed by atoms with van der Waals surface area (Å²) in [5.74, 6) is 1.05. The van der Waals surface area contributed by atoms with Crippen LogP contribution in [0.2, 0.25) is 0 Å². The molecule has 2 atom stereocenters. The van der Waals surface area contributed by atoms with Gasteiger partial charge in [0, 0.05) is 24.7 Å². The molecule has 1 aliphatic carbocycles. The third-order valence-electron chi connectivity index (χ3n) is 5.27. The van der Waals surface area contributed by atoms with Gasteiger partial charge in [0.15, 0.2) is 0 Å². The SMILES string of the molecule is COc1ccc(C(=O)N2CCCC2)cc1NC(=O)N[C@H]1CCC[C@@H]1C. The number of rotatable bonds is 4. The second kappa shape index (κ2) is 7.76. The van der Waals surface area contributed by atoms with Gasteiger partial charge in [-0.05, 0) is 49.8 Å². The Kier molecular flexibility index (Phi) is 5.46. The lowest BCUT2D eigenvalue weighted by Crippen LogP contribution is -2.39. The van der Waals surface area contributed by atoms with Gasteiger partial charge in [0.25, 0.3) is 5.91 Å². The molecule has 0 bridgehead atoms. The van der Waals surface area contributed by atoms with Crippen molar-refractivity contribution in [1.29, 1.82) is 0 Å². The van der Waals surface area contributed by atoms with E-state index in [0.717, 1.165) is 45.2 Å². The number of amides is 3. The summed E-state index contributed by atoms with van der Waals surface area (Å²) in [7, 11) is 1.55. The molecule has 0 radical (unpaired) electrons. The fraction of sp³-hybridized carbons (Fsp3) is 0.579. The van der Waals surface area contributed by atoms with E-state index in [4.69, 9.17) is 4.74 Å². The molecule has 3 rings (SSSR count). The van der Waals surface area contributed by atoms with E-state index in [1.165, 1.54) is 0 Å². The molecule has 1 aromatic carbocycles. The second-order valence-electron chi connectivity index (χ2n) is 7.03. The van der Waals surface area contributed by atoms with E-state index in [9.17, 15) is 9.59 Å². The standard InChI is InChI=1S/C19H27N3O3/c1-13-6-5-7-15(13)20-19(24)21-16-12-14(8-9-17(16)25-2)18(23)22-10-3-4-11-22/h8-9,12-13,15H,3-7,10-11H2,1-2H3,(H2,20,21,24)/t13-,15-/m0/s1. The number of hydrogen-bond donors (Lipinski definition) is 2. The van der Waals surface area contributed by atoms with Crippen LogP contribution in [0.1, 0.15) is 49.4 Å². The normalized spacial score (nSPS) is 22.7. The quantitative estimate of drug-likeness (QED) is 0.880. The van der Waals surface area contributed by atoms with Crippen LogP contribution in [0.3, 0.4) is 0 Å². The molecule has 1 saturated heterocycles. The highest BCUT2D eigenvalue weighted by molar-refractivity contribution is 5.98. The molecule has 3 amide bonds. The predicted octanol–water partition coefficient (Wildman–Crippen LogP) is 3.24. The number of carbonyl (C=O) groups excluding carboxylic acids is 2. The van der Waals surface area contributed by atoms with Gasteiger partial charge in [-0.2, -0.15) is 0 Å². The Morgan fingerprint density at radius 1 is 1.16 bits per heavy atom.